The summed E-state index contributed by atoms with van der Waals surface area (Å²) in [5.74, 6) is -0.705. The molecule has 1 fully saturated rings. The van der Waals surface area contributed by atoms with Gasteiger partial charge in [-0.2, -0.15) is 0 Å². The Morgan fingerprint density at radius 1 is 0.784 bits per heavy atom. The highest BCUT2D eigenvalue weighted by Gasteiger charge is 2.41. The first-order valence-electron chi connectivity index (χ1n) is 11.3. The van der Waals surface area contributed by atoms with Crippen LogP contribution >= 0.6 is 12.2 Å². The van der Waals surface area contributed by atoms with Crippen molar-refractivity contribution in [1.82, 2.24) is 0 Å². The lowest BCUT2D eigenvalue weighted by Crippen LogP contribution is -2.56. The molecule has 8 heteroatoms. The zero-order valence-electron chi connectivity index (χ0n) is 19.7. The zero-order valence-corrected chi connectivity index (χ0v) is 20.5. The van der Waals surface area contributed by atoms with Crippen LogP contribution in [0, 0.1) is 0 Å². The molecule has 182 valence electrons. The molecule has 1 aromatic heterocycles. The molecule has 2 heterocycles. The number of para-hydroxylation sites is 2. The molecule has 1 saturated heterocycles. The van der Waals surface area contributed by atoms with Gasteiger partial charge in [0.25, 0.3) is 11.8 Å². The molecule has 3 aromatic carbocycles. The Labute approximate surface area is 218 Å². The van der Waals surface area contributed by atoms with Crippen LogP contribution in [0.3, 0.4) is 0 Å². The largest absolute Gasteiger partial charge is 0.465 e. The predicted molar refractivity (Wildman–Crippen MR) is 144 cm³/mol. The van der Waals surface area contributed by atoms with Crippen LogP contribution in [-0.2, 0) is 14.3 Å². The molecule has 37 heavy (non-hydrogen) atoms. The maximum atomic E-state index is 13.6. The summed E-state index contributed by atoms with van der Waals surface area (Å²) in [5.41, 5.74) is 2.13. The van der Waals surface area contributed by atoms with Gasteiger partial charge in [0.15, 0.2) is 5.11 Å². The van der Waals surface area contributed by atoms with Crippen LogP contribution in [-0.4, -0.2) is 30.0 Å². The van der Waals surface area contributed by atoms with Crippen LogP contribution in [0.4, 0.5) is 11.4 Å². The van der Waals surface area contributed by atoms with E-state index in [4.69, 9.17) is 21.4 Å². The Balaban J connectivity index is 1.53. The second kappa shape index (κ2) is 10.0. The zero-order chi connectivity index (χ0) is 25.9. The van der Waals surface area contributed by atoms with Crippen molar-refractivity contribution in [2.45, 2.75) is 0 Å². The molecule has 5 rings (SSSR count). The summed E-state index contributed by atoms with van der Waals surface area (Å²) in [7, 11) is 1.32. The number of rotatable bonds is 5. The highest BCUT2D eigenvalue weighted by Crippen LogP contribution is 2.31. The van der Waals surface area contributed by atoms with Gasteiger partial charge < -0.3 is 9.15 Å². The number of carbonyl (C=O) groups is 3. The minimum atomic E-state index is -0.547. The van der Waals surface area contributed by atoms with Gasteiger partial charge in [0.1, 0.15) is 17.1 Å². The Morgan fingerprint density at radius 2 is 1.32 bits per heavy atom. The second-order valence-electron chi connectivity index (χ2n) is 8.06. The predicted octanol–water partition coefficient (Wildman–Crippen LogP) is 5.48. The van der Waals surface area contributed by atoms with Crippen LogP contribution in [0.25, 0.3) is 17.4 Å². The number of furan rings is 1. The molecule has 1 aliphatic heterocycles. The van der Waals surface area contributed by atoms with Gasteiger partial charge in [0, 0.05) is 5.56 Å². The number of thiocarbonyl (C=S) groups is 1. The number of nitrogens with zero attached hydrogens (tertiary/aromatic N) is 2. The van der Waals surface area contributed by atoms with Gasteiger partial charge >= 0.3 is 5.97 Å². The highest BCUT2D eigenvalue weighted by molar-refractivity contribution is 7.81. The molecular weight excluding hydrogens is 488 g/mol. The molecule has 0 atom stereocenters. The Bertz CT molecular complexity index is 1460. The smallest absolute Gasteiger partial charge is 0.337 e. The van der Waals surface area contributed by atoms with Crippen molar-refractivity contribution in [3.63, 3.8) is 0 Å². The lowest BCUT2D eigenvalue weighted by molar-refractivity contribution is -0.120. The van der Waals surface area contributed by atoms with E-state index in [1.54, 1.807) is 84.9 Å². The Kier molecular flexibility index (Phi) is 6.49. The number of hydrogen-bond acceptors (Lipinski definition) is 6. The summed E-state index contributed by atoms with van der Waals surface area (Å²) in [4.78, 5) is 41.5. The molecule has 4 aromatic rings. The standard InChI is InChI=1S/C29H20N2O5S/c1-35-28(34)20-14-12-19(13-15-20)25-17-16-23(36-25)18-24-26(32)30(21-8-4-2-5-9-21)29(37)31(27(24)33)22-10-6-3-7-11-22/h2-18H,1H3. The van der Waals surface area contributed by atoms with Crippen molar-refractivity contribution in [3.8, 4) is 11.3 Å². The number of methoxy groups -OCH3 is 1. The van der Waals surface area contributed by atoms with Gasteiger partial charge in [0.2, 0.25) is 0 Å². The Hall–Kier alpha value is -4.82. The molecule has 2 amide bonds. The van der Waals surface area contributed by atoms with E-state index in [0.29, 0.717) is 28.5 Å². The summed E-state index contributed by atoms with van der Waals surface area (Å²) in [5, 5.41) is 0.0652. The van der Waals surface area contributed by atoms with Crippen molar-refractivity contribution in [3.05, 3.63) is 114 Å². The molecule has 0 N–H and O–H groups in total. The monoisotopic (exact) mass is 508 g/mol. The van der Waals surface area contributed by atoms with E-state index in [0.717, 1.165) is 5.56 Å². The summed E-state index contributed by atoms with van der Waals surface area (Å²) in [6, 6.07) is 28.0. The van der Waals surface area contributed by atoms with Crippen molar-refractivity contribution >= 4 is 52.6 Å². The molecule has 0 unspecified atom stereocenters. The van der Waals surface area contributed by atoms with E-state index in [2.05, 4.69) is 0 Å². The number of hydrogen-bond donors (Lipinski definition) is 0. The van der Waals surface area contributed by atoms with Crippen LogP contribution in [0.1, 0.15) is 16.1 Å². The van der Waals surface area contributed by atoms with E-state index in [-0.39, 0.29) is 10.7 Å². The van der Waals surface area contributed by atoms with Crippen molar-refractivity contribution < 1.29 is 23.5 Å². The lowest BCUT2D eigenvalue weighted by atomic mass is 10.1. The van der Waals surface area contributed by atoms with Crippen LogP contribution < -0.4 is 9.80 Å². The third-order valence-corrected chi connectivity index (χ3v) is 6.15. The minimum absolute atomic E-state index is 0.0652. The van der Waals surface area contributed by atoms with E-state index in [1.807, 2.05) is 12.1 Å². The van der Waals surface area contributed by atoms with E-state index in [9.17, 15) is 14.4 Å². The molecular formula is C29H20N2O5S. The lowest BCUT2D eigenvalue weighted by Gasteiger charge is -2.36. The number of anilines is 2. The number of esters is 1. The van der Waals surface area contributed by atoms with Crippen molar-refractivity contribution in [2.75, 3.05) is 16.9 Å². The average molecular weight is 509 g/mol. The Morgan fingerprint density at radius 3 is 1.84 bits per heavy atom. The van der Waals surface area contributed by atoms with Crippen LogP contribution in [0.2, 0.25) is 0 Å². The maximum absolute atomic E-state index is 13.6. The fourth-order valence-electron chi connectivity index (χ4n) is 3.96. The topological polar surface area (TPSA) is 80.1 Å². The van der Waals surface area contributed by atoms with Gasteiger partial charge in [-0.05, 0) is 66.8 Å². The number of amides is 2. The third-order valence-electron chi connectivity index (χ3n) is 5.78. The summed E-state index contributed by atoms with van der Waals surface area (Å²) >= 11 is 5.62. The van der Waals surface area contributed by atoms with Crippen molar-refractivity contribution in [1.29, 1.82) is 0 Å². The minimum Gasteiger partial charge on any atom is -0.465 e. The first kappa shape index (κ1) is 23.9. The maximum Gasteiger partial charge on any atom is 0.337 e. The normalized spacial score (nSPS) is 13.6. The molecule has 0 spiro atoms. The van der Waals surface area contributed by atoms with Crippen LogP contribution in [0.5, 0.6) is 0 Å². The first-order valence-corrected chi connectivity index (χ1v) is 11.7. The molecule has 0 aliphatic carbocycles. The van der Waals surface area contributed by atoms with Gasteiger partial charge in [0.05, 0.1) is 24.0 Å². The number of carbonyl (C=O) groups excluding carboxylic acids is 3. The van der Waals surface area contributed by atoms with Gasteiger partial charge in [-0.25, -0.2) is 4.79 Å². The molecule has 1 aliphatic rings. The molecule has 0 bridgehead atoms. The highest BCUT2D eigenvalue weighted by atomic mass is 32.1. The number of benzene rings is 3. The second-order valence-corrected chi connectivity index (χ2v) is 8.43. The summed E-state index contributed by atoms with van der Waals surface area (Å²) in [6.07, 6.45) is 1.42. The molecule has 0 radical (unpaired) electrons. The molecule has 0 saturated carbocycles. The number of ether oxygens (including phenoxy) is 1. The quantitative estimate of drug-likeness (QED) is 0.154. The van der Waals surface area contributed by atoms with Crippen LogP contribution in [0.15, 0.2) is 107 Å². The van der Waals surface area contributed by atoms with E-state index < -0.39 is 17.8 Å². The van der Waals surface area contributed by atoms with Gasteiger partial charge in [-0.15, -0.1) is 0 Å². The summed E-state index contributed by atoms with van der Waals surface area (Å²) in [6.45, 7) is 0. The fraction of sp³-hybridized carbons (Fsp3) is 0.0345. The SMILES string of the molecule is COC(=O)c1ccc(-c2ccc(C=C3C(=O)N(c4ccccc4)C(=S)N(c4ccccc4)C3=O)o2)cc1. The third kappa shape index (κ3) is 4.57. The fourth-order valence-corrected chi connectivity index (χ4v) is 4.33. The molecule has 7 nitrogen and oxygen atoms in total. The van der Waals surface area contributed by atoms with Crippen molar-refractivity contribution in [2.24, 2.45) is 0 Å². The summed E-state index contributed by atoms with van der Waals surface area (Å²) < 4.78 is 10.7. The van der Waals surface area contributed by atoms with E-state index in [1.165, 1.54) is 23.0 Å². The van der Waals surface area contributed by atoms with Gasteiger partial charge in [-0.1, -0.05) is 48.5 Å². The van der Waals surface area contributed by atoms with Gasteiger partial charge in [-0.3, -0.25) is 19.4 Å². The average Bonchev–Trinajstić information content (AvgIpc) is 3.41. The van der Waals surface area contributed by atoms with E-state index >= 15 is 0 Å². The first-order chi connectivity index (χ1) is 18.0.